The maximum absolute atomic E-state index is 13.0. The number of nitrogens with zero attached hydrogens (tertiary/aromatic N) is 4. The normalized spacial score (nSPS) is 11.5. The van der Waals surface area contributed by atoms with Crippen molar-refractivity contribution in [1.82, 2.24) is 19.7 Å². The molecule has 1 aromatic carbocycles. The fourth-order valence-electron chi connectivity index (χ4n) is 3.08. The van der Waals surface area contributed by atoms with Crippen molar-refractivity contribution >= 4 is 45.7 Å². The van der Waals surface area contributed by atoms with Crippen molar-refractivity contribution in [1.29, 1.82) is 0 Å². The number of rotatable bonds is 9. The molecule has 3 heterocycles. The van der Waals surface area contributed by atoms with Crippen molar-refractivity contribution in [3.8, 4) is 11.6 Å². The number of hydrogen-bond acceptors (Lipinski definition) is 7. The van der Waals surface area contributed by atoms with E-state index in [9.17, 15) is 18.0 Å². The van der Waals surface area contributed by atoms with Gasteiger partial charge in [0.25, 0.3) is 0 Å². The second kappa shape index (κ2) is 10.7. The van der Waals surface area contributed by atoms with Gasteiger partial charge in [-0.3, -0.25) is 9.36 Å². The van der Waals surface area contributed by atoms with Crippen LogP contribution < -0.4 is 5.32 Å². The molecule has 182 valence electrons. The summed E-state index contributed by atoms with van der Waals surface area (Å²) in [7, 11) is 0. The van der Waals surface area contributed by atoms with Crippen molar-refractivity contribution < 1.29 is 22.4 Å². The SMILES string of the molecule is C=CCn1c(SCC(=O)Nc2ncc(Cc3cc(C(F)(F)F)ccc3Cl)s2)nnc1-c1ccco1. The number of amides is 1. The molecule has 35 heavy (non-hydrogen) atoms. The Morgan fingerprint density at radius 1 is 1.31 bits per heavy atom. The summed E-state index contributed by atoms with van der Waals surface area (Å²) >= 11 is 8.43. The van der Waals surface area contributed by atoms with Gasteiger partial charge in [0.15, 0.2) is 16.0 Å². The number of alkyl halides is 3. The van der Waals surface area contributed by atoms with Gasteiger partial charge in [0.05, 0.1) is 17.6 Å². The zero-order valence-corrected chi connectivity index (χ0v) is 20.3. The number of nitrogens with one attached hydrogen (secondary N) is 1. The maximum atomic E-state index is 13.0. The number of carbonyl (C=O) groups excluding carboxylic acids is 1. The predicted molar refractivity (Wildman–Crippen MR) is 129 cm³/mol. The van der Waals surface area contributed by atoms with E-state index in [2.05, 4.69) is 27.1 Å². The smallest absolute Gasteiger partial charge is 0.416 e. The van der Waals surface area contributed by atoms with Gasteiger partial charge in [0, 0.05) is 29.1 Å². The van der Waals surface area contributed by atoms with Gasteiger partial charge >= 0.3 is 6.18 Å². The lowest BCUT2D eigenvalue weighted by atomic mass is 10.1. The largest absolute Gasteiger partial charge is 0.461 e. The van der Waals surface area contributed by atoms with Crippen LogP contribution in [0.25, 0.3) is 11.6 Å². The van der Waals surface area contributed by atoms with Gasteiger partial charge in [-0.15, -0.1) is 28.1 Å². The number of furan rings is 1. The topological polar surface area (TPSA) is 85.8 Å². The fourth-order valence-corrected chi connectivity index (χ4v) is 4.87. The minimum atomic E-state index is -4.46. The van der Waals surface area contributed by atoms with Crippen LogP contribution in [0.5, 0.6) is 0 Å². The summed E-state index contributed by atoms with van der Waals surface area (Å²) in [6, 6.07) is 6.69. The van der Waals surface area contributed by atoms with E-state index < -0.39 is 11.7 Å². The molecule has 1 amide bonds. The van der Waals surface area contributed by atoms with E-state index in [1.807, 2.05) is 0 Å². The molecule has 1 N–H and O–H groups in total. The van der Waals surface area contributed by atoms with Crippen LogP contribution in [0, 0.1) is 0 Å². The van der Waals surface area contributed by atoms with Crippen molar-refractivity contribution in [3.05, 3.63) is 76.5 Å². The molecule has 0 saturated carbocycles. The molecule has 4 rings (SSSR count). The van der Waals surface area contributed by atoms with Crippen LogP contribution in [0.1, 0.15) is 16.0 Å². The summed E-state index contributed by atoms with van der Waals surface area (Å²) < 4.78 is 46.2. The Hall–Kier alpha value is -3.09. The van der Waals surface area contributed by atoms with Crippen LogP contribution in [-0.4, -0.2) is 31.4 Å². The van der Waals surface area contributed by atoms with E-state index in [-0.39, 0.29) is 23.1 Å². The molecular weight excluding hydrogens is 523 g/mol. The Morgan fingerprint density at radius 3 is 2.86 bits per heavy atom. The third-order valence-corrected chi connectivity index (χ3v) is 6.89. The number of thioether (sulfide) groups is 1. The molecule has 0 aliphatic rings. The minimum absolute atomic E-state index is 0.0435. The van der Waals surface area contributed by atoms with Crippen LogP contribution in [0.3, 0.4) is 0 Å². The highest BCUT2D eigenvalue weighted by atomic mass is 35.5. The standard InChI is InChI=1S/C22H17ClF3N5O2S2/c1-2-7-31-19(17-4-3-8-33-17)29-30-21(31)34-12-18(32)28-20-27-11-15(35-20)10-13-9-14(22(24,25)26)5-6-16(13)23/h2-6,8-9,11H,1,7,10,12H2,(H,27,28,32). The van der Waals surface area contributed by atoms with Gasteiger partial charge in [-0.2, -0.15) is 13.2 Å². The molecule has 4 aromatic rings. The Bertz CT molecular complexity index is 1340. The summed E-state index contributed by atoms with van der Waals surface area (Å²) in [5, 5.41) is 12.0. The van der Waals surface area contributed by atoms with Crippen LogP contribution >= 0.6 is 34.7 Å². The third kappa shape index (κ3) is 6.13. The van der Waals surface area contributed by atoms with Gasteiger partial charge in [0.1, 0.15) is 0 Å². The quantitative estimate of drug-likeness (QED) is 0.202. The first kappa shape index (κ1) is 25.0. The summed E-state index contributed by atoms with van der Waals surface area (Å²) in [6.07, 6.45) is 0.420. The summed E-state index contributed by atoms with van der Waals surface area (Å²) in [4.78, 5) is 17.3. The zero-order valence-electron chi connectivity index (χ0n) is 17.9. The van der Waals surface area contributed by atoms with Gasteiger partial charge in [-0.1, -0.05) is 29.4 Å². The molecule has 0 fully saturated rings. The highest BCUT2D eigenvalue weighted by molar-refractivity contribution is 7.99. The first-order valence-electron chi connectivity index (χ1n) is 10.1. The first-order chi connectivity index (χ1) is 16.7. The number of carbonyl (C=O) groups is 1. The molecule has 0 radical (unpaired) electrons. The van der Waals surface area contributed by atoms with Crippen LogP contribution in [0.4, 0.5) is 18.3 Å². The number of hydrogen-bond donors (Lipinski definition) is 1. The number of thiazole rings is 1. The Labute approximate surface area is 211 Å². The number of allylic oxidation sites excluding steroid dienone is 1. The zero-order chi connectivity index (χ0) is 25.0. The van der Waals surface area contributed by atoms with Crippen molar-refractivity contribution in [3.63, 3.8) is 0 Å². The van der Waals surface area contributed by atoms with E-state index in [4.69, 9.17) is 16.0 Å². The number of anilines is 1. The number of benzene rings is 1. The molecular formula is C22H17ClF3N5O2S2. The molecule has 0 aliphatic heterocycles. The van der Waals surface area contributed by atoms with Crippen LogP contribution in [-0.2, 0) is 23.9 Å². The van der Waals surface area contributed by atoms with Crippen molar-refractivity contribution in [2.75, 3.05) is 11.1 Å². The first-order valence-corrected chi connectivity index (χ1v) is 12.2. The molecule has 0 aliphatic carbocycles. The van der Waals surface area contributed by atoms with Gasteiger partial charge in [-0.05, 0) is 35.9 Å². The average molecular weight is 540 g/mol. The van der Waals surface area contributed by atoms with Gasteiger partial charge in [0.2, 0.25) is 11.7 Å². The lowest BCUT2D eigenvalue weighted by molar-refractivity contribution is -0.137. The Morgan fingerprint density at radius 2 is 2.14 bits per heavy atom. The molecule has 0 atom stereocenters. The van der Waals surface area contributed by atoms with Crippen molar-refractivity contribution in [2.24, 2.45) is 0 Å². The van der Waals surface area contributed by atoms with Crippen LogP contribution in [0.2, 0.25) is 5.02 Å². The van der Waals surface area contributed by atoms with Gasteiger partial charge < -0.3 is 9.73 Å². The molecule has 0 spiro atoms. The predicted octanol–water partition coefficient (Wildman–Crippen LogP) is 6.17. The van der Waals surface area contributed by atoms with Crippen LogP contribution in [0.15, 0.2) is 65.0 Å². The van der Waals surface area contributed by atoms with E-state index >= 15 is 0 Å². The van der Waals surface area contributed by atoms with E-state index in [1.54, 1.807) is 22.8 Å². The molecule has 0 unspecified atom stereocenters. The molecule has 3 aromatic heterocycles. The highest BCUT2D eigenvalue weighted by Gasteiger charge is 2.31. The summed E-state index contributed by atoms with van der Waals surface area (Å²) in [5.41, 5.74) is -0.445. The molecule has 0 bridgehead atoms. The lowest BCUT2D eigenvalue weighted by Crippen LogP contribution is -2.14. The second-order valence-electron chi connectivity index (χ2n) is 7.13. The Balaban J connectivity index is 1.38. The maximum Gasteiger partial charge on any atom is 0.416 e. The lowest BCUT2D eigenvalue weighted by Gasteiger charge is -2.09. The Kier molecular flexibility index (Phi) is 7.63. The molecule has 7 nitrogen and oxygen atoms in total. The molecule has 0 saturated heterocycles. The van der Waals surface area contributed by atoms with E-state index in [0.717, 1.165) is 23.5 Å². The molecule has 13 heteroatoms. The minimum Gasteiger partial charge on any atom is -0.461 e. The van der Waals surface area contributed by atoms with E-state index in [0.29, 0.717) is 38.9 Å². The summed E-state index contributed by atoms with van der Waals surface area (Å²) in [6.45, 7) is 4.17. The highest BCUT2D eigenvalue weighted by Crippen LogP contribution is 2.33. The third-order valence-electron chi connectivity index (χ3n) is 4.64. The number of aromatic nitrogens is 4. The van der Waals surface area contributed by atoms with E-state index in [1.165, 1.54) is 30.3 Å². The second-order valence-corrected chi connectivity index (χ2v) is 9.60. The summed E-state index contributed by atoms with van der Waals surface area (Å²) in [5.74, 6) is 0.796. The van der Waals surface area contributed by atoms with Gasteiger partial charge in [-0.25, -0.2) is 4.98 Å². The average Bonchev–Trinajstić information content (AvgIpc) is 3.55. The van der Waals surface area contributed by atoms with Crippen molar-refractivity contribution in [2.45, 2.75) is 24.3 Å². The number of halogens is 4. The fraction of sp³-hybridized carbons (Fsp3) is 0.182. The monoisotopic (exact) mass is 539 g/mol.